The molecule has 2 aromatic carbocycles. The average molecular weight is 526 g/mol. The van der Waals surface area contributed by atoms with Crippen molar-refractivity contribution in [1.29, 1.82) is 0 Å². The van der Waals surface area contributed by atoms with Crippen LogP contribution in [0.2, 0.25) is 65.0 Å². The minimum absolute atomic E-state index is 0.0249. The van der Waals surface area contributed by atoms with Crippen molar-refractivity contribution in [2.24, 2.45) is 0 Å². The van der Waals surface area contributed by atoms with Crippen LogP contribution in [0.1, 0.15) is 20.3 Å². The fraction of sp³-hybridized carbons (Fsp3) is 0.500. The fourth-order valence-electron chi connectivity index (χ4n) is 6.24. The number of allylic oxidation sites excluding steroid dienone is 1. The summed E-state index contributed by atoms with van der Waals surface area (Å²) in [4.78, 5) is 2.83. The van der Waals surface area contributed by atoms with Crippen molar-refractivity contribution in [1.82, 2.24) is 0 Å². The van der Waals surface area contributed by atoms with Gasteiger partial charge in [0.2, 0.25) is 0 Å². The van der Waals surface area contributed by atoms with E-state index in [0.717, 1.165) is 6.42 Å². The second kappa shape index (κ2) is 9.35. The van der Waals surface area contributed by atoms with E-state index in [1.165, 1.54) is 17.4 Å². The number of anilines is 2. The third-order valence-corrected chi connectivity index (χ3v) is 33.9. The van der Waals surface area contributed by atoms with Crippen molar-refractivity contribution >= 4 is 43.2 Å². The van der Waals surface area contributed by atoms with Crippen molar-refractivity contribution in [3.8, 4) is 0 Å². The zero-order chi connectivity index (χ0) is 25.6. The average Bonchev–Trinajstić information content (AvgIpc) is 2.70. The number of rotatable bonds is 7. The van der Waals surface area contributed by atoms with E-state index < -0.39 is 31.8 Å². The van der Waals surface area contributed by atoms with Gasteiger partial charge in [0.05, 0.1) is 20.5 Å². The lowest BCUT2D eigenvalue weighted by atomic mass is 10.1. The van der Waals surface area contributed by atoms with Crippen LogP contribution in [-0.2, 0) is 4.12 Å². The quantitative estimate of drug-likeness (QED) is 0.264. The maximum atomic E-state index is 7.81. The largest absolute Gasteiger partial charge is 0.456 e. The van der Waals surface area contributed by atoms with Gasteiger partial charge in [-0.1, -0.05) is 86.8 Å². The highest BCUT2D eigenvalue weighted by Crippen LogP contribution is 2.56. The number of hydrogen-bond acceptors (Lipinski definition) is 2. The van der Waals surface area contributed by atoms with Crippen LogP contribution in [0.25, 0.3) is 0 Å². The molecule has 34 heavy (non-hydrogen) atoms. The SMILES string of the molecule is CC1=C(C)C[Si@](O[Si](C)(C)C)([Si](C)(C)C)[C@](N(c2ccccc2)c2ccccc2)([Si](C)(C)C)C1. The molecule has 0 saturated heterocycles. The van der Waals surface area contributed by atoms with Gasteiger partial charge in [0.25, 0.3) is 0 Å². The van der Waals surface area contributed by atoms with Gasteiger partial charge in [-0.2, -0.15) is 0 Å². The van der Waals surface area contributed by atoms with Crippen LogP contribution < -0.4 is 4.90 Å². The Morgan fingerprint density at radius 1 is 0.706 bits per heavy atom. The van der Waals surface area contributed by atoms with Gasteiger partial charge in [-0.05, 0) is 70.2 Å². The summed E-state index contributed by atoms with van der Waals surface area (Å²) in [7, 11) is -7.78. The molecule has 2 atom stereocenters. The summed E-state index contributed by atoms with van der Waals surface area (Å²) in [5.74, 6) is 0. The number of benzene rings is 2. The second-order valence-corrected chi connectivity index (χ2v) is 38.4. The van der Waals surface area contributed by atoms with Crippen molar-refractivity contribution in [3.05, 3.63) is 71.8 Å². The van der Waals surface area contributed by atoms with Crippen LogP contribution in [0.4, 0.5) is 11.4 Å². The number of nitrogens with zero attached hydrogens (tertiary/aromatic N) is 1. The normalized spacial score (nSPS) is 24.3. The molecule has 0 aromatic heterocycles. The number of hydrogen-bond donors (Lipinski definition) is 0. The van der Waals surface area contributed by atoms with Gasteiger partial charge >= 0.3 is 0 Å². The highest BCUT2D eigenvalue weighted by atomic mass is 29.3. The first-order valence-electron chi connectivity index (χ1n) is 12.8. The summed E-state index contributed by atoms with van der Waals surface area (Å²) in [6.07, 6.45) is 1.12. The van der Waals surface area contributed by atoms with Crippen LogP contribution in [0, 0.1) is 0 Å². The molecule has 6 heteroatoms. The zero-order valence-electron chi connectivity index (χ0n) is 23.5. The molecule has 0 fully saturated rings. The Kier molecular flexibility index (Phi) is 7.54. The zero-order valence-corrected chi connectivity index (χ0v) is 27.5. The van der Waals surface area contributed by atoms with E-state index >= 15 is 0 Å². The summed E-state index contributed by atoms with van der Waals surface area (Å²) in [6.45, 7) is 27.8. The van der Waals surface area contributed by atoms with Gasteiger partial charge in [-0.3, -0.25) is 0 Å². The minimum Gasteiger partial charge on any atom is -0.456 e. The molecule has 0 unspecified atom stereocenters. The molecular formula is C28H47NOSi4. The Morgan fingerprint density at radius 3 is 1.50 bits per heavy atom. The Morgan fingerprint density at radius 2 is 1.15 bits per heavy atom. The highest BCUT2D eigenvalue weighted by Gasteiger charge is 2.71. The molecular weight excluding hydrogens is 479 g/mol. The van der Waals surface area contributed by atoms with E-state index in [1.807, 2.05) is 0 Å². The lowest BCUT2D eigenvalue weighted by Crippen LogP contribution is -2.87. The van der Waals surface area contributed by atoms with E-state index in [1.54, 1.807) is 11.1 Å². The highest BCUT2D eigenvalue weighted by molar-refractivity contribution is 7.44. The van der Waals surface area contributed by atoms with Crippen LogP contribution in [-0.4, -0.2) is 36.6 Å². The molecule has 0 amide bonds. The minimum atomic E-state index is -2.34. The molecule has 1 aliphatic rings. The van der Waals surface area contributed by atoms with Crippen molar-refractivity contribution in [2.45, 2.75) is 90.0 Å². The van der Waals surface area contributed by atoms with Crippen LogP contribution >= 0.6 is 0 Å². The van der Waals surface area contributed by atoms with E-state index in [2.05, 4.69) is 138 Å². The smallest absolute Gasteiger partial charge is 0.192 e. The maximum absolute atomic E-state index is 7.81. The molecule has 2 nitrogen and oxygen atoms in total. The summed E-state index contributed by atoms with van der Waals surface area (Å²) < 4.78 is 7.81. The molecule has 0 saturated carbocycles. The van der Waals surface area contributed by atoms with E-state index in [-0.39, 0.29) is 4.79 Å². The Balaban J connectivity index is 2.54. The monoisotopic (exact) mass is 525 g/mol. The topological polar surface area (TPSA) is 12.5 Å². The molecule has 186 valence electrons. The summed E-state index contributed by atoms with van der Waals surface area (Å²) in [6, 6.07) is 23.6. The molecule has 0 aliphatic carbocycles. The molecule has 2 aromatic rings. The van der Waals surface area contributed by atoms with Gasteiger partial charge < -0.3 is 9.02 Å². The lowest BCUT2D eigenvalue weighted by Gasteiger charge is -2.67. The third kappa shape index (κ3) is 4.76. The molecule has 1 heterocycles. The molecule has 3 rings (SSSR count). The van der Waals surface area contributed by atoms with Gasteiger partial charge in [0, 0.05) is 11.4 Å². The van der Waals surface area contributed by atoms with E-state index in [0.29, 0.717) is 0 Å². The van der Waals surface area contributed by atoms with E-state index in [4.69, 9.17) is 4.12 Å². The van der Waals surface area contributed by atoms with Crippen LogP contribution in [0.3, 0.4) is 0 Å². The molecule has 0 N–H and O–H groups in total. The summed E-state index contributed by atoms with van der Waals surface area (Å²) in [5.41, 5.74) is 5.82. The van der Waals surface area contributed by atoms with Gasteiger partial charge in [-0.25, -0.2) is 0 Å². The Hall–Kier alpha value is -1.19. The van der Waals surface area contributed by atoms with Crippen LogP contribution in [0.5, 0.6) is 0 Å². The Bertz CT molecular complexity index is 979. The lowest BCUT2D eigenvalue weighted by molar-refractivity contribution is 0.494. The predicted molar refractivity (Wildman–Crippen MR) is 162 cm³/mol. The maximum Gasteiger partial charge on any atom is 0.192 e. The first-order chi connectivity index (χ1) is 15.6. The molecule has 0 radical (unpaired) electrons. The standard InChI is InChI=1S/C28H47NOSi4/c1-24-22-28(31(3,4)5,34(23-25(24)2,33(9,10)11)30-32(6,7)8)29(26-18-14-12-15-19-26)27-20-16-13-17-21-27/h12-21H,22-23H2,1-11H3/t28-,34+/m1/s1. The van der Waals surface area contributed by atoms with Crippen molar-refractivity contribution < 1.29 is 4.12 Å². The Labute approximate surface area is 213 Å². The van der Waals surface area contributed by atoms with Crippen molar-refractivity contribution in [3.63, 3.8) is 0 Å². The first kappa shape index (κ1) is 27.4. The molecule has 1 aliphatic heterocycles. The molecule has 0 spiro atoms. The summed E-state index contributed by atoms with van der Waals surface area (Å²) >= 11 is 0. The van der Waals surface area contributed by atoms with Gasteiger partial charge in [-0.15, -0.1) is 0 Å². The van der Waals surface area contributed by atoms with Gasteiger partial charge in [0.15, 0.2) is 16.2 Å². The summed E-state index contributed by atoms with van der Waals surface area (Å²) in [5, 5.41) is 0. The number of para-hydroxylation sites is 2. The molecule has 0 bridgehead atoms. The van der Waals surface area contributed by atoms with Gasteiger partial charge in [0.1, 0.15) is 0 Å². The first-order valence-corrected chi connectivity index (χ1v) is 26.3. The predicted octanol–water partition coefficient (Wildman–Crippen LogP) is 8.93. The van der Waals surface area contributed by atoms with Crippen molar-refractivity contribution in [2.75, 3.05) is 4.90 Å². The van der Waals surface area contributed by atoms with Crippen LogP contribution in [0.15, 0.2) is 71.8 Å². The second-order valence-electron chi connectivity index (χ2n) is 13.3. The fourth-order valence-corrected chi connectivity index (χ4v) is 43.2. The van der Waals surface area contributed by atoms with E-state index in [9.17, 15) is 0 Å². The third-order valence-electron chi connectivity index (χ3n) is 7.77.